The van der Waals surface area contributed by atoms with E-state index < -0.39 is 34.3 Å². The van der Waals surface area contributed by atoms with Gasteiger partial charge in [-0.15, -0.1) is 27.1 Å². The van der Waals surface area contributed by atoms with Crippen molar-refractivity contribution in [3.05, 3.63) is 12.2 Å². The number of thioether (sulfide) groups is 2. The van der Waals surface area contributed by atoms with E-state index in [9.17, 15) is 19.5 Å². The van der Waals surface area contributed by atoms with Crippen molar-refractivity contribution in [1.82, 2.24) is 40.6 Å². The number of aliphatic carboxylic acids is 1. The lowest BCUT2D eigenvalue weighted by Crippen LogP contribution is -2.82. The minimum absolute atomic E-state index is 0.0348. The van der Waals surface area contributed by atoms with Crippen LogP contribution in [-0.2, 0) is 25.7 Å². The number of carboxylic acids is 1. The zero-order chi connectivity index (χ0) is 22.2. The van der Waals surface area contributed by atoms with Crippen molar-refractivity contribution in [3.8, 4) is 0 Å². The Labute approximate surface area is 183 Å². The average Bonchev–Trinajstić information content (AvgIpc) is 3.41. The maximum Gasteiger partial charge on any atom is 0.313 e. The third-order valence-electron chi connectivity index (χ3n) is 4.98. The van der Waals surface area contributed by atoms with Gasteiger partial charge in [-0.3, -0.25) is 14.4 Å². The zero-order valence-corrected chi connectivity index (χ0v) is 18.1. The van der Waals surface area contributed by atoms with Crippen LogP contribution in [0.25, 0.3) is 0 Å². The van der Waals surface area contributed by atoms with E-state index in [2.05, 4.69) is 31.0 Å². The van der Waals surface area contributed by atoms with Gasteiger partial charge in [0.05, 0.1) is 0 Å². The molecule has 166 valence electrons. The number of β-lactam (4-membered cyclic amide) rings is 1. The first-order valence-corrected chi connectivity index (χ1v) is 11.0. The lowest BCUT2D eigenvalue weighted by atomic mass is 9.88. The fourth-order valence-corrected chi connectivity index (χ4v) is 6.13. The lowest BCUT2D eigenvalue weighted by molar-refractivity contribution is -0.200. The number of aryl methyl sites for hydroxylation is 1. The smallest absolute Gasteiger partial charge is 0.313 e. The van der Waals surface area contributed by atoms with Crippen LogP contribution in [0.2, 0.25) is 0 Å². The third kappa shape index (κ3) is 3.74. The normalized spacial score (nSPS) is 27.5. The van der Waals surface area contributed by atoms with E-state index in [1.54, 1.807) is 6.92 Å². The molecule has 2 N–H and O–H groups in total. The van der Waals surface area contributed by atoms with Gasteiger partial charge in [-0.1, -0.05) is 11.8 Å². The van der Waals surface area contributed by atoms with Gasteiger partial charge >= 0.3 is 5.97 Å². The number of carbonyl (C=O) groups excluding carboxylic acids is 2. The van der Waals surface area contributed by atoms with Crippen molar-refractivity contribution in [2.45, 2.75) is 29.8 Å². The van der Waals surface area contributed by atoms with Crippen molar-refractivity contribution in [2.24, 2.45) is 5.41 Å². The Hall–Kier alpha value is -2.72. The van der Waals surface area contributed by atoms with Gasteiger partial charge in [0.2, 0.25) is 11.8 Å². The van der Waals surface area contributed by atoms with Gasteiger partial charge in [-0.2, -0.15) is 0 Å². The fraction of sp³-hybridized carbons (Fsp3) is 0.600. The van der Waals surface area contributed by atoms with Gasteiger partial charge in [-0.05, 0) is 10.4 Å². The van der Waals surface area contributed by atoms with E-state index in [0.717, 1.165) is 11.8 Å². The Bertz CT molecular complexity index is 1000. The molecule has 2 fully saturated rings. The molecule has 2 aromatic heterocycles. The van der Waals surface area contributed by atoms with Gasteiger partial charge in [-0.25, -0.2) is 4.68 Å². The molecule has 2 aromatic rings. The fourth-order valence-electron chi connectivity index (χ4n) is 3.37. The molecular formula is C15H18N8O6S2. The van der Waals surface area contributed by atoms with E-state index in [1.165, 1.54) is 34.8 Å². The molecule has 2 unspecified atom stereocenters. The first-order chi connectivity index (χ1) is 14.8. The SMILES string of the molecule is COC1(NC(=O)Cn2cnnn2)C(=O)N2CC(CSc3nnc(C)o3)(C(=O)O)CS[C@@H]21. The highest BCUT2D eigenvalue weighted by atomic mass is 32.2. The summed E-state index contributed by atoms with van der Waals surface area (Å²) in [6, 6.07) is 0. The van der Waals surface area contributed by atoms with Gasteiger partial charge in [0.15, 0.2) is 0 Å². The molecule has 16 heteroatoms. The second-order valence-corrected chi connectivity index (χ2v) is 9.05. The summed E-state index contributed by atoms with van der Waals surface area (Å²) in [6.07, 6.45) is 1.27. The maximum absolute atomic E-state index is 13.0. The highest BCUT2D eigenvalue weighted by Gasteiger charge is 2.67. The van der Waals surface area contributed by atoms with Crippen LogP contribution < -0.4 is 5.32 Å². The number of ether oxygens (including phenoxy) is 1. The number of fused-ring (bicyclic) bond motifs is 1. The van der Waals surface area contributed by atoms with Crippen LogP contribution in [-0.4, -0.2) is 94.5 Å². The Morgan fingerprint density at radius 3 is 2.90 bits per heavy atom. The molecular weight excluding hydrogens is 452 g/mol. The van der Waals surface area contributed by atoms with Crippen LogP contribution in [0.15, 0.2) is 16.0 Å². The summed E-state index contributed by atoms with van der Waals surface area (Å²) in [6.45, 7) is 1.41. The molecule has 0 radical (unpaired) electrons. The molecule has 0 saturated carbocycles. The summed E-state index contributed by atoms with van der Waals surface area (Å²) < 4.78 is 11.9. The minimum Gasteiger partial charge on any atom is -0.481 e. The van der Waals surface area contributed by atoms with Crippen molar-refractivity contribution < 1.29 is 28.6 Å². The maximum atomic E-state index is 13.0. The number of carboxylic acid groups (broad SMARTS) is 1. The number of rotatable bonds is 8. The molecule has 4 heterocycles. The highest BCUT2D eigenvalue weighted by molar-refractivity contribution is 8.00. The van der Waals surface area contributed by atoms with Crippen molar-refractivity contribution in [3.63, 3.8) is 0 Å². The third-order valence-corrected chi connectivity index (χ3v) is 7.71. The molecule has 0 bridgehead atoms. The van der Waals surface area contributed by atoms with Gasteiger partial charge in [0.1, 0.15) is 23.7 Å². The van der Waals surface area contributed by atoms with Crippen LogP contribution in [0.1, 0.15) is 5.89 Å². The van der Waals surface area contributed by atoms with E-state index >= 15 is 0 Å². The zero-order valence-electron chi connectivity index (χ0n) is 16.4. The van der Waals surface area contributed by atoms with Gasteiger partial charge in [0.25, 0.3) is 16.9 Å². The second-order valence-electron chi connectivity index (χ2n) is 7.05. The number of amides is 2. The quantitative estimate of drug-likeness (QED) is 0.262. The monoisotopic (exact) mass is 470 g/mol. The molecule has 0 aromatic carbocycles. The first kappa shape index (κ1) is 21.5. The van der Waals surface area contributed by atoms with Crippen LogP contribution in [0.3, 0.4) is 0 Å². The predicted octanol–water partition coefficient (Wildman–Crippen LogP) is -1.40. The number of tetrazole rings is 1. The minimum atomic E-state index is -1.57. The Morgan fingerprint density at radius 1 is 1.48 bits per heavy atom. The Balaban J connectivity index is 1.45. The van der Waals surface area contributed by atoms with Crippen molar-refractivity contribution >= 4 is 41.3 Å². The molecule has 2 saturated heterocycles. The summed E-state index contributed by atoms with van der Waals surface area (Å²) in [5.41, 5.74) is -2.79. The summed E-state index contributed by atoms with van der Waals surface area (Å²) >= 11 is 2.36. The summed E-state index contributed by atoms with van der Waals surface area (Å²) in [5.74, 6) is -1.34. The highest BCUT2D eigenvalue weighted by Crippen LogP contribution is 2.48. The van der Waals surface area contributed by atoms with Crippen LogP contribution >= 0.6 is 23.5 Å². The molecule has 0 spiro atoms. The number of hydrogen-bond donors (Lipinski definition) is 2. The Morgan fingerprint density at radius 2 is 2.29 bits per heavy atom. The lowest BCUT2D eigenvalue weighted by Gasteiger charge is -2.58. The van der Waals surface area contributed by atoms with E-state index in [0.29, 0.717) is 5.89 Å². The number of hydrogen-bond acceptors (Lipinski definition) is 12. The number of nitrogens with one attached hydrogen (secondary N) is 1. The first-order valence-electron chi connectivity index (χ1n) is 8.95. The molecule has 3 atom stereocenters. The van der Waals surface area contributed by atoms with Crippen molar-refractivity contribution in [1.29, 1.82) is 0 Å². The molecule has 4 rings (SSSR count). The topological polar surface area (TPSA) is 178 Å². The number of methoxy groups -OCH3 is 1. The van der Waals surface area contributed by atoms with E-state index in [1.807, 2.05) is 0 Å². The standard InChI is InChI=1S/C15H18N8O6S2/c1-8-18-19-13(29-8)31-6-14(12(26)27)4-23-10(25)15(28-2,11(23)30-5-14)17-9(24)3-22-7-16-20-21-22/h7,11H,3-6H2,1-2H3,(H,17,24)(H,26,27)/t11-,14?,15?/m1/s1. The van der Waals surface area contributed by atoms with Crippen LogP contribution in [0.5, 0.6) is 0 Å². The molecule has 2 aliphatic rings. The predicted molar refractivity (Wildman–Crippen MR) is 103 cm³/mol. The molecule has 0 aliphatic carbocycles. The van der Waals surface area contributed by atoms with Crippen molar-refractivity contribution in [2.75, 3.05) is 25.2 Å². The van der Waals surface area contributed by atoms with Gasteiger partial charge in [0, 0.05) is 32.1 Å². The van der Waals surface area contributed by atoms with Crippen LogP contribution in [0, 0.1) is 12.3 Å². The van der Waals surface area contributed by atoms with E-state index in [4.69, 9.17) is 9.15 Å². The molecule has 14 nitrogen and oxygen atoms in total. The molecule has 2 amide bonds. The summed E-state index contributed by atoms with van der Waals surface area (Å²) in [4.78, 5) is 38.9. The molecule has 2 aliphatic heterocycles. The van der Waals surface area contributed by atoms with Gasteiger partial charge < -0.3 is 24.5 Å². The largest absolute Gasteiger partial charge is 0.481 e. The van der Waals surface area contributed by atoms with E-state index in [-0.39, 0.29) is 29.8 Å². The summed E-state index contributed by atoms with van der Waals surface area (Å²) in [5, 5.41) is 30.3. The molecule has 31 heavy (non-hydrogen) atoms. The Kier molecular flexibility index (Phi) is 5.61. The average molecular weight is 470 g/mol. The van der Waals surface area contributed by atoms with Crippen LogP contribution in [0.4, 0.5) is 0 Å². The number of carbonyl (C=O) groups is 3. The summed E-state index contributed by atoms with van der Waals surface area (Å²) in [7, 11) is 1.32. The number of nitrogens with zero attached hydrogens (tertiary/aromatic N) is 7. The number of aromatic nitrogens is 6. The second kappa shape index (κ2) is 8.08.